The number of β-amino-alcohol motifs (C(OH)–C–C–N with tert-alkyl or cyclic N) is 1. The van der Waals surface area contributed by atoms with Gasteiger partial charge in [-0.15, -0.1) is 0 Å². The Balaban J connectivity index is 1.34. The molecule has 0 aromatic heterocycles. The predicted octanol–water partition coefficient (Wildman–Crippen LogP) is 3.93. The average molecular weight is 528 g/mol. The Morgan fingerprint density at radius 3 is 2.46 bits per heavy atom. The van der Waals surface area contributed by atoms with Gasteiger partial charge >= 0.3 is 12.2 Å². The van der Waals surface area contributed by atoms with Gasteiger partial charge in [0, 0.05) is 12.2 Å². The number of nitrogens with one attached hydrogen (secondary N) is 2. The Hall–Kier alpha value is -2.37. The normalized spacial score (nSPS) is 27.5. The van der Waals surface area contributed by atoms with Gasteiger partial charge in [-0.3, -0.25) is 4.79 Å². The van der Waals surface area contributed by atoms with Crippen molar-refractivity contribution in [2.75, 3.05) is 31.6 Å². The van der Waals surface area contributed by atoms with Gasteiger partial charge in [0.2, 0.25) is 5.91 Å². The van der Waals surface area contributed by atoms with Crippen molar-refractivity contribution in [1.29, 1.82) is 0 Å². The van der Waals surface area contributed by atoms with Crippen LogP contribution in [0, 0.1) is 5.92 Å². The molecule has 1 aromatic rings. The van der Waals surface area contributed by atoms with Crippen LogP contribution in [0.1, 0.15) is 56.9 Å². The summed E-state index contributed by atoms with van der Waals surface area (Å²) < 4.78 is 50.3. The predicted molar refractivity (Wildman–Crippen MR) is 130 cm³/mol. The zero-order chi connectivity index (χ0) is 26.4. The third-order valence-electron chi connectivity index (χ3n) is 7.43. The van der Waals surface area contributed by atoms with Crippen LogP contribution < -0.4 is 10.6 Å². The molecule has 2 saturated heterocycles. The van der Waals surface area contributed by atoms with E-state index >= 15 is 0 Å². The lowest BCUT2D eigenvalue weighted by Crippen LogP contribution is -2.58. The van der Waals surface area contributed by atoms with Crippen molar-refractivity contribution >= 4 is 17.6 Å². The summed E-state index contributed by atoms with van der Waals surface area (Å²) in [6.45, 7) is 0.856. The highest BCUT2D eigenvalue weighted by atomic mass is 19.4. The summed E-state index contributed by atoms with van der Waals surface area (Å²) in [7, 11) is 0. The number of fused-ring (bicyclic) bond motifs is 1. The second kappa shape index (κ2) is 12.4. The van der Waals surface area contributed by atoms with Gasteiger partial charge in [-0.05, 0) is 55.9 Å². The van der Waals surface area contributed by atoms with Gasteiger partial charge in [-0.1, -0.05) is 19.3 Å². The van der Waals surface area contributed by atoms with Gasteiger partial charge in [-0.25, -0.2) is 4.79 Å². The molecule has 11 heteroatoms. The molecule has 4 atom stereocenters. The molecule has 206 valence electrons. The summed E-state index contributed by atoms with van der Waals surface area (Å²) >= 11 is 0. The number of halogens is 3. The van der Waals surface area contributed by atoms with E-state index in [1.165, 1.54) is 36.3 Å². The Morgan fingerprint density at radius 2 is 1.76 bits per heavy atom. The van der Waals surface area contributed by atoms with Crippen LogP contribution >= 0.6 is 0 Å². The summed E-state index contributed by atoms with van der Waals surface area (Å²) in [6, 6.07) is 3.25. The molecular formula is C26H36F3N3O5. The highest BCUT2D eigenvalue weighted by Crippen LogP contribution is 2.31. The Kier molecular flexibility index (Phi) is 9.31. The number of hydrogen-bond donors (Lipinski definition) is 3. The van der Waals surface area contributed by atoms with E-state index in [2.05, 4.69) is 10.6 Å². The maximum Gasteiger partial charge on any atom is 0.416 e. The monoisotopic (exact) mass is 527 g/mol. The average Bonchev–Trinajstić information content (AvgIpc) is 2.86. The molecule has 0 radical (unpaired) electrons. The van der Waals surface area contributed by atoms with Gasteiger partial charge in [0.1, 0.15) is 6.10 Å². The van der Waals surface area contributed by atoms with Gasteiger partial charge in [-0.2, -0.15) is 13.2 Å². The van der Waals surface area contributed by atoms with Gasteiger partial charge < -0.3 is 30.1 Å². The first-order chi connectivity index (χ1) is 17.7. The third kappa shape index (κ3) is 7.81. The fraction of sp³-hybridized carbons (Fsp3) is 0.692. The van der Waals surface area contributed by atoms with Gasteiger partial charge in [0.15, 0.2) is 0 Å². The Morgan fingerprint density at radius 1 is 1.03 bits per heavy atom. The van der Waals surface area contributed by atoms with Crippen LogP contribution in [0.4, 0.5) is 23.7 Å². The summed E-state index contributed by atoms with van der Waals surface area (Å²) in [4.78, 5) is 27.1. The zero-order valence-electron chi connectivity index (χ0n) is 20.8. The van der Waals surface area contributed by atoms with E-state index in [1.54, 1.807) is 0 Å². The lowest BCUT2D eigenvalue weighted by molar-refractivity contribution is -0.149. The number of carbonyl (C=O) groups is 2. The second-order valence-corrected chi connectivity index (χ2v) is 10.3. The number of hydrogen-bond acceptors (Lipinski definition) is 5. The van der Waals surface area contributed by atoms with E-state index in [0.717, 1.165) is 25.0 Å². The molecule has 0 bridgehead atoms. The van der Waals surface area contributed by atoms with Crippen molar-refractivity contribution in [3.05, 3.63) is 29.8 Å². The first kappa shape index (κ1) is 27.7. The van der Waals surface area contributed by atoms with Gasteiger partial charge in [0.05, 0.1) is 50.0 Å². The molecule has 1 aromatic carbocycles. The first-order valence-electron chi connectivity index (χ1n) is 13.1. The quantitative estimate of drug-likeness (QED) is 0.539. The number of nitrogens with zero attached hydrogens (tertiary/aromatic N) is 1. The standard InChI is InChI=1S/C26H36F3N3O5/c27-26(28,29)18-6-8-19(9-7-18)31-25(35)32-14-20(33)15-36-16-23-22(32)11-10-21(37-23)12-24(34)30-13-17-4-2-1-3-5-17/h6-9,17,20-23,33H,1-5,10-16H2,(H,30,34)(H,31,35)/t20-,21-,22-,23+/m1/s1. The van der Waals surface area contributed by atoms with Crippen LogP contribution in [0.3, 0.4) is 0 Å². The molecule has 3 fully saturated rings. The number of aliphatic hydroxyl groups excluding tert-OH is 1. The van der Waals surface area contributed by atoms with Crippen molar-refractivity contribution in [2.24, 2.45) is 5.92 Å². The molecule has 3 N–H and O–H groups in total. The van der Waals surface area contributed by atoms with Crippen molar-refractivity contribution in [3.8, 4) is 0 Å². The van der Waals surface area contributed by atoms with E-state index in [-0.39, 0.29) is 43.9 Å². The highest BCUT2D eigenvalue weighted by molar-refractivity contribution is 5.89. The maximum atomic E-state index is 13.1. The number of ether oxygens (including phenoxy) is 2. The molecule has 2 aliphatic heterocycles. The second-order valence-electron chi connectivity index (χ2n) is 10.3. The molecule has 2 heterocycles. The number of amides is 3. The van der Waals surface area contributed by atoms with E-state index < -0.39 is 36.0 Å². The van der Waals surface area contributed by atoms with Crippen molar-refractivity contribution in [3.63, 3.8) is 0 Å². The lowest BCUT2D eigenvalue weighted by Gasteiger charge is -2.44. The largest absolute Gasteiger partial charge is 0.416 e. The van der Waals surface area contributed by atoms with E-state index in [4.69, 9.17) is 9.47 Å². The maximum absolute atomic E-state index is 13.1. The van der Waals surface area contributed by atoms with Gasteiger partial charge in [0.25, 0.3) is 0 Å². The molecule has 1 saturated carbocycles. The van der Waals surface area contributed by atoms with Crippen molar-refractivity contribution in [1.82, 2.24) is 10.2 Å². The Labute approximate surface area is 214 Å². The fourth-order valence-corrected chi connectivity index (χ4v) is 5.44. The topological polar surface area (TPSA) is 100 Å². The highest BCUT2D eigenvalue weighted by Gasteiger charge is 2.40. The summed E-state index contributed by atoms with van der Waals surface area (Å²) in [5, 5.41) is 16.0. The lowest BCUT2D eigenvalue weighted by atomic mass is 9.89. The van der Waals surface area contributed by atoms with Crippen LogP contribution in [-0.4, -0.2) is 72.6 Å². The molecule has 37 heavy (non-hydrogen) atoms. The number of urea groups is 1. The molecule has 4 rings (SSSR count). The third-order valence-corrected chi connectivity index (χ3v) is 7.43. The molecule has 3 aliphatic rings. The van der Waals surface area contributed by atoms with E-state index in [0.29, 0.717) is 25.3 Å². The number of benzene rings is 1. The number of alkyl halides is 3. The number of aliphatic hydroxyl groups is 1. The van der Waals surface area contributed by atoms with Crippen molar-refractivity contribution in [2.45, 2.75) is 81.9 Å². The van der Waals surface area contributed by atoms with Crippen LogP contribution in [0.2, 0.25) is 0 Å². The van der Waals surface area contributed by atoms with Crippen LogP contribution in [0.5, 0.6) is 0 Å². The smallest absolute Gasteiger partial charge is 0.389 e. The number of carbonyl (C=O) groups excluding carboxylic acids is 2. The molecule has 8 nitrogen and oxygen atoms in total. The SMILES string of the molecule is O=C(C[C@H]1CC[C@@H]2[C@H](COC[C@H](O)CN2C(=O)Nc2ccc(C(F)(F)F)cc2)O1)NCC1CCCCC1. The Bertz CT molecular complexity index is 908. The summed E-state index contributed by atoms with van der Waals surface area (Å²) in [5.74, 6) is 0.490. The molecular weight excluding hydrogens is 491 g/mol. The minimum atomic E-state index is -4.47. The van der Waals surface area contributed by atoms with E-state index in [1.807, 2.05) is 0 Å². The number of rotatable bonds is 5. The molecule has 0 spiro atoms. The van der Waals surface area contributed by atoms with Crippen LogP contribution in [0.25, 0.3) is 0 Å². The molecule has 1 aliphatic carbocycles. The minimum Gasteiger partial charge on any atom is -0.389 e. The van der Waals surface area contributed by atoms with E-state index in [9.17, 15) is 27.9 Å². The van der Waals surface area contributed by atoms with Crippen LogP contribution in [-0.2, 0) is 20.4 Å². The first-order valence-corrected chi connectivity index (χ1v) is 13.1. The fourth-order valence-electron chi connectivity index (χ4n) is 5.44. The van der Waals surface area contributed by atoms with Crippen LogP contribution in [0.15, 0.2) is 24.3 Å². The summed E-state index contributed by atoms with van der Waals surface area (Å²) in [6.07, 6.45) is 1.15. The zero-order valence-corrected chi connectivity index (χ0v) is 20.8. The number of anilines is 1. The minimum absolute atomic E-state index is 0.0104. The van der Waals surface area contributed by atoms with Crippen molar-refractivity contribution < 1.29 is 37.3 Å². The summed E-state index contributed by atoms with van der Waals surface area (Å²) in [5.41, 5.74) is -0.592. The molecule has 3 amide bonds. The molecule has 0 unspecified atom stereocenters.